The van der Waals surface area contributed by atoms with E-state index in [0.29, 0.717) is 24.4 Å². The van der Waals surface area contributed by atoms with Crippen LogP contribution < -0.4 is 5.32 Å². The molecule has 0 saturated carbocycles. The van der Waals surface area contributed by atoms with E-state index in [2.05, 4.69) is 5.32 Å². The molecule has 2 heterocycles. The summed E-state index contributed by atoms with van der Waals surface area (Å²) in [5, 5.41) is 2.70. The van der Waals surface area contributed by atoms with Crippen LogP contribution in [0.4, 0.5) is 0 Å². The Kier molecular flexibility index (Phi) is 4.72. The molecule has 2 aliphatic heterocycles. The van der Waals surface area contributed by atoms with E-state index in [4.69, 9.17) is 4.74 Å². The third-order valence-corrected chi connectivity index (χ3v) is 4.58. The van der Waals surface area contributed by atoms with Gasteiger partial charge in [0.2, 0.25) is 5.91 Å². The Morgan fingerprint density at radius 2 is 2.24 bits per heavy atom. The molecule has 114 valence electrons. The Labute approximate surface area is 127 Å². The van der Waals surface area contributed by atoms with Crippen LogP contribution in [-0.2, 0) is 19.1 Å². The minimum Gasteiger partial charge on any atom is -0.464 e. The predicted molar refractivity (Wildman–Crippen MR) is 79.2 cm³/mol. The number of carbonyl (C=O) groups is 3. The van der Waals surface area contributed by atoms with Gasteiger partial charge in [-0.15, -0.1) is 11.8 Å². The summed E-state index contributed by atoms with van der Waals surface area (Å²) in [6.45, 7) is 3.81. The molecule has 0 bridgehead atoms. The standard InChI is InChI=1S/C14H18N2O4S/c1-4-9-10-7-11(21-6-5-15-8(2)17)12(14(19)20-3)16(10)13(9)18/h4,10H,5-7H2,1-3H3,(H,15,17)/b9-4+/t10-/m1/s1. The number of hydrogen-bond acceptors (Lipinski definition) is 5. The molecular weight excluding hydrogens is 292 g/mol. The van der Waals surface area contributed by atoms with Crippen LogP contribution in [0.15, 0.2) is 22.3 Å². The molecule has 2 amide bonds. The number of amides is 2. The van der Waals surface area contributed by atoms with Crippen LogP contribution in [0.2, 0.25) is 0 Å². The molecule has 0 spiro atoms. The summed E-state index contributed by atoms with van der Waals surface area (Å²) in [6, 6.07) is -0.0418. The van der Waals surface area contributed by atoms with Crippen LogP contribution in [0.25, 0.3) is 0 Å². The van der Waals surface area contributed by atoms with Gasteiger partial charge in [0.25, 0.3) is 5.91 Å². The van der Waals surface area contributed by atoms with Crippen molar-refractivity contribution in [3.8, 4) is 0 Å². The first-order valence-corrected chi connectivity index (χ1v) is 7.68. The van der Waals surface area contributed by atoms with Crippen molar-refractivity contribution < 1.29 is 19.1 Å². The van der Waals surface area contributed by atoms with E-state index in [1.54, 1.807) is 6.08 Å². The number of nitrogens with zero attached hydrogens (tertiary/aromatic N) is 1. The number of esters is 1. The smallest absolute Gasteiger partial charge is 0.355 e. The molecule has 0 aromatic carbocycles. The zero-order valence-corrected chi connectivity index (χ0v) is 13.1. The van der Waals surface area contributed by atoms with E-state index in [1.165, 1.54) is 30.7 Å². The molecule has 2 rings (SSSR count). The second kappa shape index (κ2) is 6.34. The van der Waals surface area contributed by atoms with Crippen LogP contribution in [0.5, 0.6) is 0 Å². The largest absolute Gasteiger partial charge is 0.464 e. The van der Waals surface area contributed by atoms with E-state index < -0.39 is 5.97 Å². The van der Waals surface area contributed by atoms with Gasteiger partial charge in [0.05, 0.1) is 13.2 Å². The van der Waals surface area contributed by atoms with Gasteiger partial charge in [-0.25, -0.2) is 4.79 Å². The van der Waals surface area contributed by atoms with Gasteiger partial charge in [-0.1, -0.05) is 6.08 Å². The summed E-state index contributed by atoms with van der Waals surface area (Å²) in [7, 11) is 1.31. The fourth-order valence-electron chi connectivity index (χ4n) is 2.51. The third kappa shape index (κ3) is 2.83. The number of rotatable bonds is 5. The highest BCUT2D eigenvalue weighted by Gasteiger charge is 2.51. The van der Waals surface area contributed by atoms with Crippen LogP contribution in [0.3, 0.4) is 0 Å². The molecule has 0 aliphatic carbocycles. The zero-order chi connectivity index (χ0) is 15.6. The van der Waals surface area contributed by atoms with E-state index in [0.717, 1.165) is 10.5 Å². The van der Waals surface area contributed by atoms with Crippen LogP contribution in [0.1, 0.15) is 20.3 Å². The summed E-state index contributed by atoms with van der Waals surface area (Å²) in [6.07, 6.45) is 2.43. The molecule has 1 fully saturated rings. The van der Waals surface area contributed by atoms with Crippen molar-refractivity contribution >= 4 is 29.5 Å². The van der Waals surface area contributed by atoms with Crippen molar-refractivity contribution in [3.63, 3.8) is 0 Å². The monoisotopic (exact) mass is 310 g/mol. The number of nitrogens with one attached hydrogen (secondary N) is 1. The average Bonchev–Trinajstić information content (AvgIpc) is 2.78. The lowest BCUT2D eigenvalue weighted by Crippen LogP contribution is -2.52. The topological polar surface area (TPSA) is 75.7 Å². The fourth-order valence-corrected chi connectivity index (χ4v) is 3.56. The van der Waals surface area contributed by atoms with Gasteiger partial charge in [-0.3, -0.25) is 14.5 Å². The normalized spacial score (nSPS) is 22.2. The van der Waals surface area contributed by atoms with Crippen molar-refractivity contribution in [2.75, 3.05) is 19.4 Å². The van der Waals surface area contributed by atoms with Crippen LogP contribution in [-0.4, -0.2) is 48.1 Å². The molecule has 1 saturated heterocycles. The molecule has 1 N–H and O–H groups in total. The average molecular weight is 310 g/mol. The van der Waals surface area contributed by atoms with E-state index >= 15 is 0 Å². The molecule has 21 heavy (non-hydrogen) atoms. The molecule has 1 atom stereocenters. The highest BCUT2D eigenvalue weighted by molar-refractivity contribution is 8.03. The molecule has 0 aromatic rings. The molecule has 2 aliphatic rings. The van der Waals surface area contributed by atoms with Crippen LogP contribution in [0, 0.1) is 0 Å². The first kappa shape index (κ1) is 15.6. The Balaban J connectivity index is 2.10. The molecular formula is C14H18N2O4S. The maximum atomic E-state index is 12.0. The maximum Gasteiger partial charge on any atom is 0.355 e. The van der Waals surface area contributed by atoms with Crippen molar-refractivity contribution in [2.45, 2.75) is 26.3 Å². The quantitative estimate of drug-likeness (QED) is 0.352. The maximum absolute atomic E-state index is 12.0. The van der Waals surface area contributed by atoms with Gasteiger partial charge in [0.15, 0.2) is 0 Å². The summed E-state index contributed by atoms with van der Waals surface area (Å²) in [5.74, 6) is -0.0437. The highest BCUT2D eigenvalue weighted by Crippen LogP contribution is 2.45. The number of thioether (sulfide) groups is 1. The Morgan fingerprint density at radius 1 is 1.52 bits per heavy atom. The van der Waals surface area contributed by atoms with Gasteiger partial charge in [0, 0.05) is 36.1 Å². The molecule has 0 radical (unpaired) electrons. The molecule has 0 unspecified atom stereocenters. The zero-order valence-electron chi connectivity index (χ0n) is 12.3. The van der Waals surface area contributed by atoms with E-state index in [1.807, 2.05) is 6.92 Å². The third-order valence-electron chi connectivity index (χ3n) is 3.46. The predicted octanol–water partition coefficient (Wildman–Crippen LogP) is 0.801. The van der Waals surface area contributed by atoms with Gasteiger partial charge in [-0.05, 0) is 6.92 Å². The summed E-state index contributed by atoms with van der Waals surface area (Å²) < 4.78 is 4.79. The Morgan fingerprint density at radius 3 is 2.81 bits per heavy atom. The lowest BCUT2D eigenvalue weighted by molar-refractivity contribution is -0.144. The first-order valence-electron chi connectivity index (χ1n) is 6.69. The van der Waals surface area contributed by atoms with E-state index in [-0.39, 0.29) is 17.9 Å². The number of ether oxygens (including phenoxy) is 1. The number of hydrogen-bond donors (Lipinski definition) is 1. The second-order valence-electron chi connectivity index (χ2n) is 4.73. The van der Waals surface area contributed by atoms with Crippen molar-refractivity contribution in [3.05, 3.63) is 22.3 Å². The Bertz CT molecular complexity index is 553. The number of fused-ring (bicyclic) bond motifs is 1. The minimum atomic E-state index is -0.483. The number of β-lactam (4-membered cyclic amide) rings is 1. The van der Waals surface area contributed by atoms with Crippen LogP contribution >= 0.6 is 11.8 Å². The van der Waals surface area contributed by atoms with Gasteiger partial charge < -0.3 is 10.1 Å². The first-order chi connectivity index (χ1) is 10.0. The summed E-state index contributed by atoms with van der Waals surface area (Å²) in [5.41, 5.74) is 1.10. The van der Waals surface area contributed by atoms with Crippen molar-refractivity contribution in [1.29, 1.82) is 0 Å². The van der Waals surface area contributed by atoms with Gasteiger partial charge in [0.1, 0.15) is 5.70 Å². The SMILES string of the molecule is C/C=C1/C(=O)N2C(C(=O)OC)=C(SCCNC(C)=O)C[C@H]12. The summed E-state index contributed by atoms with van der Waals surface area (Å²) >= 11 is 1.48. The van der Waals surface area contributed by atoms with Crippen molar-refractivity contribution in [2.24, 2.45) is 0 Å². The lowest BCUT2D eigenvalue weighted by atomic mass is 9.94. The number of allylic oxidation sites excluding steroid dienone is 1. The molecule has 7 heteroatoms. The Hall–Kier alpha value is -1.76. The lowest BCUT2D eigenvalue weighted by Gasteiger charge is -2.38. The van der Waals surface area contributed by atoms with Crippen molar-refractivity contribution in [1.82, 2.24) is 10.2 Å². The van der Waals surface area contributed by atoms with Gasteiger partial charge >= 0.3 is 5.97 Å². The molecule has 6 nitrogen and oxygen atoms in total. The molecule has 0 aromatic heterocycles. The summed E-state index contributed by atoms with van der Waals surface area (Å²) in [4.78, 5) is 37.1. The number of carbonyl (C=O) groups excluding carboxylic acids is 3. The highest BCUT2D eigenvalue weighted by atomic mass is 32.2. The fraction of sp³-hybridized carbons (Fsp3) is 0.500. The van der Waals surface area contributed by atoms with Gasteiger partial charge in [-0.2, -0.15) is 0 Å². The minimum absolute atomic E-state index is 0.0418. The number of methoxy groups -OCH3 is 1. The van der Waals surface area contributed by atoms with E-state index in [9.17, 15) is 14.4 Å². The second-order valence-corrected chi connectivity index (χ2v) is 5.92.